The van der Waals surface area contributed by atoms with Crippen molar-refractivity contribution in [3.63, 3.8) is 0 Å². The number of ether oxygens (including phenoxy) is 1. The first-order chi connectivity index (χ1) is 5.79. The molecule has 1 aliphatic heterocycles. The molecule has 1 aromatic rings. The Bertz CT molecular complexity index is 310. The lowest BCUT2D eigenvalue weighted by Crippen LogP contribution is -2.10. The van der Waals surface area contributed by atoms with E-state index in [1.54, 1.807) is 0 Å². The van der Waals surface area contributed by atoms with Gasteiger partial charge in [-0.05, 0) is 23.6 Å². The molecule has 1 heterocycles. The topological polar surface area (TPSA) is 9.23 Å². The fraction of sp³-hybridized carbons (Fsp3) is 0.333. The summed E-state index contributed by atoms with van der Waals surface area (Å²) in [6.45, 7) is 1.40. The van der Waals surface area contributed by atoms with Crippen LogP contribution in [-0.2, 0) is 17.8 Å². The van der Waals surface area contributed by atoms with E-state index in [1.165, 1.54) is 0 Å². The van der Waals surface area contributed by atoms with Crippen LogP contribution in [-0.4, -0.2) is 6.61 Å². The summed E-state index contributed by atoms with van der Waals surface area (Å²) >= 11 is 11.9. The Morgan fingerprint density at radius 3 is 2.92 bits per heavy atom. The molecule has 1 nitrogen and oxygen atoms in total. The van der Waals surface area contributed by atoms with E-state index >= 15 is 0 Å². The molecular formula is C9H8Cl2O. The lowest BCUT2D eigenvalue weighted by atomic mass is 10.0. The molecule has 0 radical (unpaired) electrons. The molecule has 1 aliphatic rings. The third-order valence-electron chi connectivity index (χ3n) is 2.05. The highest BCUT2D eigenvalue weighted by Gasteiger charge is 2.14. The molecule has 0 spiro atoms. The monoisotopic (exact) mass is 202 g/mol. The summed E-state index contributed by atoms with van der Waals surface area (Å²) in [5.74, 6) is 0. The summed E-state index contributed by atoms with van der Waals surface area (Å²) in [6.07, 6.45) is 0.870. The normalized spacial score (nSPS) is 15.8. The van der Waals surface area contributed by atoms with Crippen LogP contribution in [0.2, 0.25) is 10.0 Å². The fourth-order valence-electron chi connectivity index (χ4n) is 1.39. The minimum atomic E-state index is 0.636. The maximum atomic E-state index is 6.02. The van der Waals surface area contributed by atoms with Gasteiger partial charge >= 0.3 is 0 Å². The van der Waals surface area contributed by atoms with Gasteiger partial charge in [-0.2, -0.15) is 0 Å². The highest BCUT2D eigenvalue weighted by atomic mass is 35.5. The molecule has 0 unspecified atom stereocenters. The average molecular weight is 203 g/mol. The number of halogens is 2. The lowest BCUT2D eigenvalue weighted by Gasteiger charge is -2.17. The van der Waals surface area contributed by atoms with Crippen LogP contribution >= 0.6 is 23.2 Å². The zero-order valence-electron chi connectivity index (χ0n) is 6.44. The van der Waals surface area contributed by atoms with Crippen molar-refractivity contribution >= 4 is 23.2 Å². The van der Waals surface area contributed by atoms with Gasteiger partial charge in [0.05, 0.1) is 23.3 Å². The van der Waals surface area contributed by atoms with Gasteiger partial charge in [-0.25, -0.2) is 0 Å². The Kier molecular flexibility index (Phi) is 2.26. The Balaban J connectivity index is 2.54. The second kappa shape index (κ2) is 3.25. The van der Waals surface area contributed by atoms with Gasteiger partial charge in [0.15, 0.2) is 0 Å². The van der Waals surface area contributed by atoms with Gasteiger partial charge in [-0.3, -0.25) is 0 Å². The van der Waals surface area contributed by atoms with Crippen molar-refractivity contribution in [3.8, 4) is 0 Å². The highest BCUT2D eigenvalue weighted by Crippen LogP contribution is 2.31. The van der Waals surface area contributed by atoms with Gasteiger partial charge in [0, 0.05) is 0 Å². The van der Waals surface area contributed by atoms with Gasteiger partial charge in [0.1, 0.15) is 0 Å². The largest absolute Gasteiger partial charge is 0.376 e. The third kappa shape index (κ3) is 1.33. The molecule has 0 bridgehead atoms. The molecule has 0 N–H and O–H groups in total. The van der Waals surface area contributed by atoms with Crippen LogP contribution in [0.4, 0.5) is 0 Å². The van der Waals surface area contributed by atoms with Crippen molar-refractivity contribution < 1.29 is 4.74 Å². The Morgan fingerprint density at radius 1 is 1.25 bits per heavy atom. The van der Waals surface area contributed by atoms with E-state index < -0.39 is 0 Å². The summed E-state index contributed by atoms with van der Waals surface area (Å²) in [6, 6.07) is 3.79. The molecule has 12 heavy (non-hydrogen) atoms. The molecule has 0 saturated carbocycles. The molecule has 3 heteroatoms. The van der Waals surface area contributed by atoms with Gasteiger partial charge < -0.3 is 4.74 Å². The van der Waals surface area contributed by atoms with Gasteiger partial charge in [0.25, 0.3) is 0 Å². The minimum absolute atomic E-state index is 0.636. The van der Waals surface area contributed by atoms with Crippen LogP contribution in [0.1, 0.15) is 11.1 Å². The van der Waals surface area contributed by atoms with E-state index in [1.807, 2.05) is 12.1 Å². The SMILES string of the molecule is Clc1ccc2c(c1Cl)CCOC2. The molecule has 1 aromatic carbocycles. The van der Waals surface area contributed by atoms with Crippen LogP contribution in [0, 0.1) is 0 Å². The first-order valence-electron chi connectivity index (χ1n) is 3.82. The van der Waals surface area contributed by atoms with Gasteiger partial charge in [0.2, 0.25) is 0 Å². The summed E-state index contributed by atoms with van der Waals surface area (Å²) < 4.78 is 5.29. The summed E-state index contributed by atoms with van der Waals surface area (Å²) in [7, 11) is 0. The van der Waals surface area contributed by atoms with E-state index in [0.29, 0.717) is 16.7 Å². The van der Waals surface area contributed by atoms with Crippen molar-refractivity contribution in [1.29, 1.82) is 0 Å². The highest BCUT2D eigenvalue weighted by molar-refractivity contribution is 6.42. The van der Waals surface area contributed by atoms with E-state index in [2.05, 4.69) is 0 Å². The minimum Gasteiger partial charge on any atom is -0.376 e. The second-order valence-electron chi connectivity index (χ2n) is 2.80. The van der Waals surface area contributed by atoms with E-state index in [-0.39, 0.29) is 0 Å². The van der Waals surface area contributed by atoms with Crippen molar-refractivity contribution in [1.82, 2.24) is 0 Å². The lowest BCUT2D eigenvalue weighted by molar-refractivity contribution is 0.111. The quantitative estimate of drug-likeness (QED) is 0.629. The number of rotatable bonds is 0. The van der Waals surface area contributed by atoms with Crippen LogP contribution in [0.5, 0.6) is 0 Å². The van der Waals surface area contributed by atoms with E-state index in [9.17, 15) is 0 Å². The molecule has 64 valence electrons. The average Bonchev–Trinajstić information content (AvgIpc) is 2.12. The predicted molar refractivity (Wildman–Crippen MR) is 49.8 cm³/mol. The number of hydrogen-bond donors (Lipinski definition) is 0. The summed E-state index contributed by atoms with van der Waals surface area (Å²) in [5.41, 5.74) is 2.31. The molecule has 0 fully saturated rings. The molecule has 0 aromatic heterocycles. The van der Waals surface area contributed by atoms with Crippen LogP contribution < -0.4 is 0 Å². The van der Waals surface area contributed by atoms with Crippen molar-refractivity contribution in [2.45, 2.75) is 13.0 Å². The first-order valence-corrected chi connectivity index (χ1v) is 4.58. The van der Waals surface area contributed by atoms with Gasteiger partial charge in [-0.1, -0.05) is 29.3 Å². The molecule has 0 aliphatic carbocycles. The summed E-state index contributed by atoms with van der Waals surface area (Å²) in [5, 5.41) is 1.33. The number of fused-ring (bicyclic) bond motifs is 1. The second-order valence-corrected chi connectivity index (χ2v) is 3.59. The van der Waals surface area contributed by atoms with Crippen molar-refractivity contribution in [3.05, 3.63) is 33.3 Å². The van der Waals surface area contributed by atoms with Crippen molar-refractivity contribution in [2.24, 2.45) is 0 Å². The number of benzene rings is 1. The van der Waals surface area contributed by atoms with Crippen LogP contribution in [0.25, 0.3) is 0 Å². The molecule has 2 rings (SSSR count). The zero-order valence-corrected chi connectivity index (χ0v) is 7.95. The predicted octanol–water partition coefficient (Wildman–Crippen LogP) is 3.07. The van der Waals surface area contributed by atoms with E-state index in [0.717, 1.165) is 24.2 Å². The number of hydrogen-bond acceptors (Lipinski definition) is 1. The zero-order chi connectivity index (χ0) is 8.55. The fourth-order valence-corrected chi connectivity index (χ4v) is 1.85. The van der Waals surface area contributed by atoms with E-state index in [4.69, 9.17) is 27.9 Å². The Labute approximate surface area is 81.2 Å². The Morgan fingerprint density at radius 2 is 2.08 bits per heavy atom. The first kappa shape index (κ1) is 8.36. The Hall–Kier alpha value is -0.240. The molecule has 0 atom stereocenters. The molecule has 0 saturated heterocycles. The maximum absolute atomic E-state index is 6.02. The van der Waals surface area contributed by atoms with Gasteiger partial charge in [-0.15, -0.1) is 0 Å². The molecular weight excluding hydrogens is 195 g/mol. The third-order valence-corrected chi connectivity index (χ3v) is 2.89. The van der Waals surface area contributed by atoms with Crippen molar-refractivity contribution in [2.75, 3.05) is 6.61 Å². The maximum Gasteiger partial charge on any atom is 0.0720 e. The molecule has 0 amide bonds. The standard InChI is InChI=1S/C9H8Cl2O/c10-8-2-1-6-5-12-4-3-7(6)9(8)11/h1-2H,3-5H2. The van der Waals surface area contributed by atoms with Crippen LogP contribution in [0.15, 0.2) is 12.1 Å². The summed E-state index contributed by atoms with van der Waals surface area (Å²) in [4.78, 5) is 0. The smallest absolute Gasteiger partial charge is 0.0720 e. The van der Waals surface area contributed by atoms with Crippen LogP contribution in [0.3, 0.4) is 0 Å².